The molecule has 1 aliphatic heterocycles. The Hall–Kier alpha value is -2.29. The number of guanidine groups is 1. The van der Waals surface area contributed by atoms with E-state index in [1.807, 2.05) is 6.07 Å². The molecule has 11 heteroatoms. The second-order valence-electron chi connectivity index (χ2n) is 5.15. The van der Waals surface area contributed by atoms with E-state index in [1.54, 1.807) is 12.1 Å². The Kier molecular flexibility index (Phi) is 4.85. The summed E-state index contributed by atoms with van der Waals surface area (Å²) in [6, 6.07) is 5.16. The van der Waals surface area contributed by atoms with Crippen molar-refractivity contribution in [3.05, 3.63) is 44.7 Å². The first-order valence-corrected chi connectivity index (χ1v) is 8.15. The van der Waals surface area contributed by atoms with Crippen molar-refractivity contribution in [3.8, 4) is 0 Å². The fourth-order valence-corrected chi connectivity index (χ4v) is 2.65. The summed E-state index contributed by atoms with van der Waals surface area (Å²) < 4.78 is 0. The molecule has 1 amide bonds. The lowest BCUT2D eigenvalue weighted by molar-refractivity contribution is 0.0998. The lowest BCUT2D eigenvalue weighted by Gasteiger charge is -2.10. The smallest absolute Gasteiger partial charge is 0.302 e. The SMILES string of the molecule is Nc1nc(N)c(C(=O)/N=C2/NCC(c3ccc(Cl)c(Cl)c3)N2)nc1Cl. The molecule has 0 saturated carbocycles. The van der Waals surface area contributed by atoms with E-state index in [2.05, 4.69) is 25.6 Å². The van der Waals surface area contributed by atoms with Crippen molar-refractivity contribution in [2.45, 2.75) is 6.04 Å². The Bertz CT molecular complexity index is 887. The average Bonchev–Trinajstić information content (AvgIpc) is 3.02. The molecule has 6 N–H and O–H groups in total. The molecule has 0 aliphatic carbocycles. The van der Waals surface area contributed by atoms with Gasteiger partial charge in [-0.1, -0.05) is 40.9 Å². The lowest BCUT2D eigenvalue weighted by Crippen LogP contribution is -2.26. The van der Waals surface area contributed by atoms with E-state index in [1.165, 1.54) is 0 Å². The first-order chi connectivity index (χ1) is 11.8. The highest BCUT2D eigenvalue weighted by Gasteiger charge is 2.23. The van der Waals surface area contributed by atoms with E-state index in [4.69, 9.17) is 46.3 Å². The molecular formula is C14H12Cl3N7O. The number of carbonyl (C=O) groups is 1. The number of amides is 1. The van der Waals surface area contributed by atoms with Crippen LogP contribution in [0, 0.1) is 0 Å². The summed E-state index contributed by atoms with van der Waals surface area (Å²) in [5.74, 6) is -0.623. The fourth-order valence-electron chi connectivity index (χ4n) is 2.22. The van der Waals surface area contributed by atoms with Crippen LogP contribution in [0.3, 0.4) is 0 Å². The van der Waals surface area contributed by atoms with Crippen LogP contribution in [0.25, 0.3) is 0 Å². The minimum absolute atomic E-state index is 0.0554. The molecule has 1 saturated heterocycles. The predicted molar refractivity (Wildman–Crippen MR) is 98.0 cm³/mol. The summed E-state index contributed by atoms with van der Waals surface area (Å²) in [4.78, 5) is 23.7. The lowest BCUT2D eigenvalue weighted by atomic mass is 10.1. The fraction of sp³-hybridized carbons (Fsp3) is 0.143. The number of nitrogens with one attached hydrogen (secondary N) is 2. The van der Waals surface area contributed by atoms with Gasteiger partial charge in [-0.25, -0.2) is 9.97 Å². The molecule has 1 aromatic carbocycles. The van der Waals surface area contributed by atoms with Crippen LogP contribution in [0.1, 0.15) is 22.1 Å². The van der Waals surface area contributed by atoms with Gasteiger partial charge in [0, 0.05) is 6.54 Å². The maximum atomic E-state index is 12.2. The van der Waals surface area contributed by atoms with Gasteiger partial charge in [0.15, 0.2) is 28.4 Å². The minimum atomic E-state index is -0.698. The van der Waals surface area contributed by atoms with Crippen LogP contribution in [-0.2, 0) is 0 Å². The molecular weight excluding hydrogens is 389 g/mol. The quantitative estimate of drug-likeness (QED) is 0.606. The molecule has 1 aromatic heterocycles. The van der Waals surface area contributed by atoms with Gasteiger partial charge in [-0.3, -0.25) is 4.79 Å². The van der Waals surface area contributed by atoms with Crippen molar-refractivity contribution in [3.63, 3.8) is 0 Å². The minimum Gasteiger partial charge on any atom is -0.382 e. The second kappa shape index (κ2) is 6.91. The Balaban J connectivity index is 1.78. The zero-order chi connectivity index (χ0) is 18.1. The number of aliphatic imine (C=N–C) groups is 1. The van der Waals surface area contributed by atoms with E-state index in [0.29, 0.717) is 16.6 Å². The number of aromatic nitrogens is 2. The predicted octanol–water partition coefficient (Wildman–Crippen LogP) is 2.03. The number of nitrogen functional groups attached to an aromatic ring is 2. The molecule has 1 unspecified atom stereocenters. The highest BCUT2D eigenvalue weighted by atomic mass is 35.5. The molecule has 1 atom stereocenters. The second-order valence-corrected chi connectivity index (χ2v) is 6.32. The summed E-state index contributed by atoms with van der Waals surface area (Å²) in [5.41, 5.74) is 11.9. The molecule has 0 bridgehead atoms. The van der Waals surface area contributed by atoms with Gasteiger partial charge in [-0.2, -0.15) is 4.99 Å². The summed E-state index contributed by atoms with van der Waals surface area (Å²) in [5, 5.41) is 6.85. The standard InChI is InChI=1S/C14H12Cl3N7O/c15-6-2-1-5(3-7(6)16)8-4-20-14(21-8)24-13(25)9-11(18)23-12(19)10(17)22-9/h1-3,8H,4H2,(H4,18,19,23)(H2,20,21,24,25). The third kappa shape index (κ3) is 3.71. The first-order valence-electron chi connectivity index (χ1n) is 7.02. The van der Waals surface area contributed by atoms with Crippen molar-refractivity contribution in [1.29, 1.82) is 0 Å². The van der Waals surface area contributed by atoms with E-state index in [0.717, 1.165) is 5.56 Å². The zero-order valence-corrected chi connectivity index (χ0v) is 14.8. The monoisotopic (exact) mass is 399 g/mol. The number of benzene rings is 1. The number of rotatable bonds is 2. The molecule has 130 valence electrons. The molecule has 2 aromatic rings. The molecule has 1 aliphatic rings. The number of halogens is 3. The van der Waals surface area contributed by atoms with Crippen molar-refractivity contribution in [1.82, 2.24) is 20.6 Å². The molecule has 2 heterocycles. The first kappa shape index (κ1) is 17.5. The zero-order valence-electron chi connectivity index (χ0n) is 12.6. The molecule has 1 fully saturated rings. The largest absolute Gasteiger partial charge is 0.382 e. The van der Waals surface area contributed by atoms with Gasteiger partial charge in [-0.05, 0) is 17.7 Å². The maximum absolute atomic E-state index is 12.2. The van der Waals surface area contributed by atoms with Crippen LogP contribution in [0.5, 0.6) is 0 Å². The van der Waals surface area contributed by atoms with Gasteiger partial charge < -0.3 is 22.1 Å². The Morgan fingerprint density at radius 2 is 1.92 bits per heavy atom. The van der Waals surface area contributed by atoms with Gasteiger partial charge in [0.2, 0.25) is 0 Å². The van der Waals surface area contributed by atoms with Crippen LogP contribution in [0.4, 0.5) is 11.6 Å². The van der Waals surface area contributed by atoms with Crippen LogP contribution in [-0.4, -0.2) is 28.4 Å². The molecule has 0 spiro atoms. The van der Waals surface area contributed by atoms with E-state index in [-0.39, 0.29) is 34.5 Å². The Morgan fingerprint density at radius 1 is 1.16 bits per heavy atom. The van der Waals surface area contributed by atoms with Gasteiger partial charge in [0.05, 0.1) is 16.1 Å². The van der Waals surface area contributed by atoms with Gasteiger partial charge in [0.25, 0.3) is 0 Å². The van der Waals surface area contributed by atoms with E-state index >= 15 is 0 Å². The highest BCUT2D eigenvalue weighted by Crippen LogP contribution is 2.26. The molecule has 25 heavy (non-hydrogen) atoms. The van der Waals surface area contributed by atoms with Crippen LogP contribution < -0.4 is 22.1 Å². The maximum Gasteiger partial charge on any atom is 0.302 e. The Labute approximate surface area is 157 Å². The van der Waals surface area contributed by atoms with Crippen LogP contribution in [0.2, 0.25) is 15.2 Å². The number of carbonyl (C=O) groups excluding carboxylic acids is 1. The molecule has 8 nitrogen and oxygen atoms in total. The average molecular weight is 401 g/mol. The number of anilines is 2. The number of hydrogen-bond acceptors (Lipinski definition) is 5. The normalized spacial score (nSPS) is 18.0. The van der Waals surface area contributed by atoms with E-state index in [9.17, 15) is 4.79 Å². The summed E-state index contributed by atoms with van der Waals surface area (Å²) in [6.45, 7) is 0.508. The Morgan fingerprint density at radius 3 is 2.64 bits per heavy atom. The third-order valence-electron chi connectivity index (χ3n) is 3.45. The number of nitrogens with zero attached hydrogens (tertiary/aromatic N) is 3. The summed E-state index contributed by atoms with van der Waals surface area (Å²) in [6.07, 6.45) is 0. The molecule has 3 rings (SSSR count). The van der Waals surface area contributed by atoms with Crippen LogP contribution in [0.15, 0.2) is 23.2 Å². The molecule has 0 radical (unpaired) electrons. The van der Waals surface area contributed by atoms with Crippen molar-refractivity contribution < 1.29 is 4.79 Å². The van der Waals surface area contributed by atoms with Gasteiger partial charge in [0.1, 0.15) is 0 Å². The summed E-state index contributed by atoms with van der Waals surface area (Å²) >= 11 is 17.7. The number of nitrogens with two attached hydrogens (primary N) is 2. The number of hydrogen-bond donors (Lipinski definition) is 4. The van der Waals surface area contributed by atoms with Crippen molar-refractivity contribution in [2.24, 2.45) is 4.99 Å². The van der Waals surface area contributed by atoms with Gasteiger partial charge in [-0.15, -0.1) is 0 Å². The van der Waals surface area contributed by atoms with E-state index < -0.39 is 5.91 Å². The summed E-state index contributed by atoms with van der Waals surface area (Å²) in [7, 11) is 0. The van der Waals surface area contributed by atoms with Gasteiger partial charge >= 0.3 is 5.91 Å². The van der Waals surface area contributed by atoms with Crippen molar-refractivity contribution in [2.75, 3.05) is 18.0 Å². The highest BCUT2D eigenvalue weighted by molar-refractivity contribution is 6.42. The third-order valence-corrected chi connectivity index (χ3v) is 4.47. The topological polar surface area (TPSA) is 131 Å². The van der Waals surface area contributed by atoms with Crippen molar-refractivity contribution >= 4 is 58.3 Å². The van der Waals surface area contributed by atoms with Crippen LogP contribution >= 0.6 is 34.8 Å².